The third-order valence-corrected chi connectivity index (χ3v) is 3.57. The molecule has 0 spiro atoms. The van der Waals surface area contributed by atoms with Crippen LogP contribution in [0.1, 0.15) is 22.8 Å². The summed E-state index contributed by atoms with van der Waals surface area (Å²) in [6, 6.07) is 15.8. The van der Waals surface area contributed by atoms with Crippen molar-refractivity contribution >= 4 is 10.9 Å². The third-order valence-electron chi connectivity index (χ3n) is 3.57. The maximum atomic E-state index is 10.7. The molecule has 3 heteroatoms. The highest BCUT2D eigenvalue weighted by molar-refractivity contribution is 5.83. The molecule has 0 saturated heterocycles. The number of methoxy groups -OCH3 is 1. The van der Waals surface area contributed by atoms with E-state index in [9.17, 15) is 5.11 Å². The number of rotatable bonds is 4. The van der Waals surface area contributed by atoms with E-state index in [1.54, 1.807) is 7.11 Å². The molecule has 2 aromatic carbocycles. The van der Waals surface area contributed by atoms with Crippen molar-refractivity contribution in [1.82, 2.24) is 4.98 Å². The van der Waals surface area contributed by atoms with Gasteiger partial charge in [-0.3, -0.25) is 0 Å². The van der Waals surface area contributed by atoms with E-state index >= 15 is 0 Å². The van der Waals surface area contributed by atoms with Gasteiger partial charge in [-0.1, -0.05) is 36.4 Å². The molecule has 3 aromatic rings. The third kappa shape index (κ3) is 2.22. The van der Waals surface area contributed by atoms with Crippen molar-refractivity contribution in [2.45, 2.75) is 12.7 Å². The second-order valence-electron chi connectivity index (χ2n) is 4.82. The van der Waals surface area contributed by atoms with Gasteiger partial charge in [0, 0.05) is 24.2 Å². The molecular weight excluding hydrogens is 250 g/mol. The van der Waals surface area contributed by atoms with Crippen molar-refractivity contribution in [2.24, 2.45) is 0 Å². The van der Waals surface area contributed by atoms with Gasteiger partial charge < -0.3 is 14.8 Å². The van der Waals surface area contributed by atoms with E-state index in [2.05, 4.69) is 4.98 Å². The Hall–Kier alpha value is -2.10. The van der Waals surface area contributed by atoms with Gasteiger partial charge in [0.2, 0.25) is 0 Å². The first-order valence-corrected chi connectivity index (χ1v) is 6.62. The first-order chi connectivity index (χ1) is 9.81. The van der Waals surface area contributed by atoms with E-state index in [-0.39, 0.29) is 0 Å². The second-order valence-corrected chi connectivity index (χ2v) is 4.82. The molecular formula is C17H17NO2. The van der Waals surface area contributed by atoms with Crippen molar-refractivity contribution in [2.75, 3.05) is 7.11 Å². The quantitative estimate of drug-likeness (QED) is 0.761. The zero-order chi connectivity index (χ0) is 13.9. The van der Waals surface area contributed by atoms with Crippen LogP contribution < -0.4 is 0 Å². The molecule has 0 fully saturated rings. The van der Waals surface area contributed by atoms with Gasteiger partial charge in [0.05, 0.1) is 6.61 Å². The zero-order valence-electron chi connectivity index (χ0n) is 11.3. The van der Waals surface area contributed by atoms with Crippen LogP contribution in [0.4, 0.5) is 0 Å². The molecule has 0 aliphatic heterocycles. The van der Waals surface area contributed by atoms with E-state index in [1.807, 2.05) is 54.7 Å². The van der Waals surface area contributed by atoms with Crippen LogP contribution >= 0.6 is 0 Å². The fourth-order valence-electron chi connectivity index (χ4n) is 2.60. The van der Waals surface area contributed by atoms with Gasteiger partial charge in [0.1, 0.15) is 6.10 Å². The average Bonchev–Trinajstić information content (AvgIpc) is 2.96. The highest BCUT2D eigenvalue weighted by atomic mass is 16.5. The lowest BCUT2D eigenvalue weighted by molar-refractivity contribution is 0.176. The maximum Gasteiger partial charge on any atom is 0.105 e. The summed E-state index contributed by atoms with van der Waals surface area (Å²) in [5.74, 6) is 0. The molecule has 1 unspecified atom stereocenters. The van der Waals surface area contributed by atoms with Gasteiger partial charge in [0.15, 0.2) is 0 Å². The van der Waals surface area contributed by atoms with Gasteiger partial charge in [0.25, 0.3) is 0 Å². The summed E-state index contributed by atoms with van der Waals surface area (Å²) >= 11 is 0. The Morgan fingerprint density at radius 3 is 2.70 bits per heavy atom. The predicted molar refractivity (Wildman–Crippen MR) is 79.5 cm³/mol. The molecule has 102 valence electrons. The number of nitrogens with one attached hydrogen (secondary N) is 1. The number of hydrogen-bond acceptors (Lipinski definition) is 2. The molecule has 20 heavy (non-hydrogen) atoms. The molecule has 1 atom stereocenters. The van der Waals surface area contributed by atoms with E-state index in [1.165, 1.54) is 0 Å². The van der Waals surface area contributed by atoms with Crippen LogP contribution in [0, 0.1) is 0 Å². The number of fused-ring (bicyclic) bond motifs is 1. The van der Waals surface area contributed by atoms with Gasteiger partial charge in [-0.05, 0) is 28.8 Å². The first kappa shape index (κ1) is 12.9. The minimum Gasteiger partial charge on any atom is -0.384 e. The number of hydrogen-bond donors (Lipinski definition) is 2. The Morgan fingerprint density at radius 1 is 1.05 bits per heavy atom. The van der Waals surface area contributed by atoms with Crippen molar-refractivity contribution in [3.05, 3.63) is 71.4 Å². The minimum atomic E-state index is -0.652. The summed E-state index contributed by atoms with van der Waals surface area (Å²) in [6.07, 6.45) is 1.24. The number of aromatic amines is 1. The Morgan fingerprint density at radius 2 is 1.85 bits per heavy atom. The van der Waals surface area contributed by atoms with Crippen molar-refractivity contribution in [3.63, 3.8) is 0 Å². The lowest BCUT2D eigenvalue weighted by atomic mass is 9.95. The van der Waals surface area contributed by atoms with Crippen LogP contribution in [0.5, 0.6) is 0 Å². The monoisotopic (exact) mass is 267 g/mol. The van der Waals surface area contributed by atoms with Crippen molar-refractivity contribution < 1.29 is 9.84 Å². The Balaban J connectivity index is 2.08. The topological polar surface area (TPSA) is 45.2 Å². The minimum absolute atomic E-state index is 0.496. The number of benzene rings is 2. The molecule has 1 heterocycles. The first-order valence-electron chi connectivity index (χ1n) is 6.62. The fourth-order valence-corrected chi connectivity index (χ4v) is 2.60. The van der Waals surface area contributed by atoms with Crippen LogP contribution in [0.2, 0.25) is 0 Å². The van der Waals surface area contributed by atoms with Crippen LogP contribution in [0.25, 0.3) is 10.9 Å². The summed E-state index contributed by atoms with van der Waals surface area (Å²) in [5.41, 5.74) is 3.84. The molecule has 0 amide bonds. The Kier molecular flexibility index (Phi) is 3.54. The standard InChI is InChI=1S/C17H17NO2/c1-20-11-12-5-2-3-6-13(12)17(19)15-7-4-8-16-14(15)9-10-18-16/h2-10,17-19H,11H2,1H3. The number of ether oxygens (including phenoxy) is 1. The highest BCUT2D eigenvalue weighted by Crippen LogP contribution is 2.30. The molecule has 1 aromatic heterocycles. The van der Waals surface area contributed by atoms with E-state index in [0.29, 0.717) is 6.61 Å². The summed E-state index contributed by atoms with van der Waals surface area (Å²) in [7, 11) is 1.66. The van der Waals surface area contributed by atoms with Gasteiger partial charge in [-0.2, -0.15) is 0 Å². The zero-order valence-corrected chi connectivity index (χ0v) is 11.3. The summed E-state index contributed by atoms with van der Waals surface area (Å²) < 4.78 is 5.21. The van der Waals surface area contributed by atoms with Crippen LogP contribution in [-0.2, 0) is 11.3 Å². The van der Waals surface area contributed by atoms with E-state index < -0.39 is 6.10 Å². The molecule has 0 aliphatic rings. The number of aliphatic hydroxyl groups is 1. The van der Waals surface area contributed by atoms with E-state index in [0.717, 1.165) is 27.6 Å². The molecule has 3 rings (SSSR count). The lowest BCUT2D eigenvalue weighted by Gasteiger charge is -2.16. The molecule has 2 N–H and O–H groups in total. The molecule has 0 aliphatic carbocycles. The average molecular weight is 267 g/mol. The summed E-state index contributed by atoms with van der Waals surface area (Å²) in [5, 5.41) is 11.8. The van der Waals surface area contributed by atoms with Crippen LogP contribution in [0.3, 0.4) is 0 Å². The van der Waals surface area contributed by atoms with Gasteiger partial charge in [-0.15, -0.1) is 0 Å². The lowest BCUT2D eigenvalue weighted by Crippen LogP contribution is -2.05. The number of aliphatic hydroxyl groups excluding tert-OH is 1. The smallest absolute Gasteiger partial charge is 0.105 e. The molecule has 0 bridgehead atoms. The normalized spacial score (nSPS) is 12.7. The summed E-state index contributed by atoms with van der Waals surface area (Å²) in [6.45, 7) is 0.496. The second kappa shape index (κ2) is 5.49. The Labute approximate surface area is 117 Å². The number of H-pyrrole nitrogens is 1. The summed E-state index contributed by atoms with van der Waals surface area (Å²) in [4.78, 5) is 3.17. The fraction of sp³-hybridized carbons (Fsp3) is 0.176. The largest absolute Gasteiger partial charge is 0.384 e. The maximum absolute atomic E-state index is 10.7. The Bertz CT molecular complexity index is 718. The molecule has 0 saturated carbocycles. The van der Waals surface area contributed by atoms with Gasteiger partial charge >= 0.3 is 0 Å². The highest BCUT2D eigenvalue weighted by Gasteiger charge is 2.16. The van der Waals surface area contributed by atoms with Crippen molar-refractivity contribution in [1.29, 1.82) is 0 Å². The van der Waals surface area contributed by atoms with Gasteiger partial charge in [-0.25, -0.2) is 0 Å². The number of aromatic nitrogens is 1. The van der Waals surface area contributed by atoms with Crippen LogP contribution in [-0.4, -0.2) is 17.2 Å². The van der Waals surface area contributed by atoms with Crippen molar-refractivity contribution in [3.8, 4) is 0 Å². The van der Waals surface area contributed by atoms with E-state index in [4.69, 9.17) is 4.74 Å². The predicted octanol–water partition coefficient (Wildman–Crippen LogP) is 3.40. The van der Waals surface area contributed by atoms with Crippen LogP contribution in [0.15, 0.2) is 54.7 Å². The molecule has 0 radical (unpaired) electrons. The molecule has 3 nitrogen and oxygen atoms in total. The SMILES string of the molecule is COCc1ccccc1C(O)c1cccc2[nH]ccc12.